The fourth-order valence-electron chi connectivity index (χ4n) is 3.77. The smallest absolute Gasteiger partial charge is 0.244 e. The molecular formula is C24H22N2O4S. The van der Waals surface area contributed by atoms with Crippen molar-refractivity contribution in [3.8, 4) is 0 Å². The second-order valence-electron chi connectivity index (χ2n) is 7.46. The summed E-state index contributed by atoms with van der Waals surface area (Å²) in [6, 6.07) is 22.4. The van der Waals surface area contributed by atoms with E-state index in [0.29, 0.717) is 11.3 Å². The standard InChI is InChI=1S/C24H22N2O4S/c1-17-9-5-6-12-19(17)25-23(27)16-26-20-13-7-8-14-21(20)31(29,30)22(15-24(26)28)18-10-3-2-4-11-18/h2-14,22H,15-16H2,1H3,(H,25,27)/t22-/m1/s1. The van der Waals surface area contributed by atoms with Gasteiger partial charge in [0.25, 0.3) is 0 Å². The first-order valence-corrected chi connectivity index (χ1v) is 11.5. The maximum absolute atomic E-state index is 13.5. The number of carbonyl (C=O) groups is 2. The quantitative estimate of drug-likeness (QED) is 0.675. The first-order valence-electron chi connectivity index (χ1n) is 9.91. The van der Waals surface area contributed by atoms with Crippen molar-refractivity contribution in [3.63, 3.8) is 0 Å². The van der Waals surface area contributed by atoms with E-state index in [0.717, 1.165) is 5.56 Å². The van der Waals surface area contributed by atoms with Crippen LogP contribution in [0, 0.1) is 6.92 Å². The molecule has 4 rings (SSSR count). The van der Waals surface area contributed by atoms with E-state index in [1.165, 1.54) is 11.0 Å². The van der Waals surface area contributed by atoms with Crippen molar-refractivity contribution in [3.05, 3.63) is 90.0 Å². The second-order valence-corrected chi connectivity index (χ2v) is 9.56. The molecule has 0 spiro atoms. The Hall–Kier alpha value is -3.45. The largest absolute Gasteiger partial charge is 0.324 e. The maximum Gasteiger partial charge on any atom is 0.244 e. The zero-order chi connectivity index (χ0) is 22.0. The van der Waals surface area contributed by atoms with Gasteiger partial charge in [0.1, 0.15) is 6.54 Å². The van der Waals surface area contributed by atoms with E-state index in [1.54, 1.807) is 54.6 Å². The van der Waals surface area contributed by atoms with Gasteiger partial charge in [-0.15, -0.1) is 0 Å². The molecule has 0 unspecified atom stereocenters. The topological polar surface area (TPSA) is 83.6 Å². The van der Waals surface area contributed by atoms with Gasteiger partial charge in [0.2, 0.25) is 11.8 Å². The highest BCUT2D eigenvalue weighted by Crippen LogP contribution is 2.40. The highest BCUT2D eigenvalue weighted by Gasteiger charge is 2.39. The van der Waals surface area contributed by atoms with Gasteiger partial charge in [-0.3, -0.25) is 9.59 Å². The van der Waals surface area contributed by atoms with E-state index < -0.39 is 26.9 Å². The van der Waals surface area contributed by atoms with E-state index in [1.807, 2.05) is 25.1 Å². The second kappa shape index (κ2) is 8.35. The molecule has 31 heavy (non-hydrogen) atoms. The number of benzene rings is 3. The SMILES string of the molecule is Cc1ccccc1NC(=O)CN1C(=O)C[C@H](c2ccccc2)S(=O)(=O)c2ccccc21. The Morgan fingerprint density at radius 1 is 0.968 bits per heavy atom. The highest BCUT2D eigenvalue weighted by atomic mass is 32.2. The van der Waals surface area contributed by atoms with Crippen molar-refractivity contribution in [2.75, 3.05) is 16.8 Å². The van der Waals surface area contributed by atoms with Crippen LogP contribution >= 0.6 is 0 Å². The molecule has 3 aromatic rings. The van der Waals surface area contributed by atoms with E-state index in [2.05, 4.69) is 5.32 Å². The predicted octanol–water partition coefficient (Wildman–Crippen LogP) is 3.89. The molecule has 3 aromatic carbocycles. The highest BCUT2D eigenvalue weighted by molar-refractivity contribution is 7.92. The predicted molar refractivity (Wildman–Crippen MR) is 120 cm³/mol. The van der Waals surface area contributed by atoms with Crippen molar-refractivity contribution in [1.29, 1.82) is 0 Å². The van der Waals surface area contributed by atoms with Gasteiger partial charge in [0.05, 0.1) is 15.8 Å². The maximum atomic E-state index is 13.5. The Balaban J connectivity index is 1.71. The molecule has 0 bridgehead atoms. The number of para-hydroxylation sites is 2. The molecule has 1 N–H and O–H groups in total. The zero-order valence-electron chi connectivity index (χ0n) is 17.0. The Kier molecular flexibility index (Phi) is 5.61. The normalized spacial score (nSPS) is 17.5. The molecule has 0 saturated heterocycles. The van der Waals surface area contributed by atoms with Crippen LogP contribution in [-0.4, -0.2) is 26.8 Å². The molecule has 1 aliphatic rings. The van der Waals surface area contributed by atoms with Crippen molar-refractivity contribution < 1.29 is 18.0 Å². The zero-order valence-corrected chi connectivity index (χ0v) is 17.8. The first kappa shape index (κ1) is 20.8. The van der Waals surface area contributed by atoms with Crippen LogP contribution < -0.4 is 10.2 Å². The molecule has 0 aliphatic carbocycles. The van der Waals surface area contributed by atoms with Gasteiger partial charge in [-0.2, -0.15) is 0 Å². The lowest BCUT2D eigenvalue weighted by Gasteiger charge is -2.22. The molecule has 7 heteroatoms. The fourth-order valence-corrected chi connectivity index (χ4v) is 5.69. The summed E-state index contributed by atoms with van der Waals surface area (Å²) < 4.78 is 26.9. The summed E-state index contributed by atoms with van der Waals surface area (Å²) in [5, 5.41) is 1.80. The van der Waals surface area contributed by atoms with Crippen molar-refractivity contribution >= 4 is 33.0 Å². The Labute approximate surface area is 181 Å². The van der Waals surface area contributed by atoms with Gasteiger partial charge in [0, 0.05) is 12.1 Å². The van der Waals surface area contributed by atoms with E-state index in [9.17, 15) is 18.0 Å². The van der Waals surface area contributed by atoms with Crippen LogP contribution in [0.25, 0.3) is 0 Å². The van der Waals surface area contributed by atoms with Gasteiger partial charge in [-0.1, -0.05) is 60.7 Å². The number of nitrogens with one attached hydrogen (secondary N) is 1. The van der Waals surface area contributed by atoms with Crippen LogP contribution in [0.3, 0.4) is 0 Å². The van der Waals surface area contributed by atoms with Gasteiger partial charge >= 0.3 is 0 Å². The van der Waals surface area contributed by atoms with Gasteiger partial charge in [-0.05, 0) is 36.2 Å². The molecule has 1 heterocycles. The van der Waals surface area contributed by atoms with Crippen molar-refractivity contribution in [2.24, 2.45) is 0 Å². The monoisotopic (exact) mass is 434 g/mol. The molecule has 1 atom stereocenters. The lowest BCUT2D eigenvalue weighted by molar-refractivity contribution is -0.121. The van der Waals surface area contributed by atoms with Gasteiger partial charge in [-0.25, -0.2) is 8.42 Å². The summed E-state index contributed by atoms with van der Waals surface area (Å²) in [6.45, 7) is 1.60. The average Bonchev–Trinajstić information content (AvgIpc) is 2.85. The van der Waals surface area contributed by atoms with Crippen LogP contribution in [-0.2, 0) is 19.4 Å². The minimum absolute atomic E-state index is 0.0541. The summed E-state index contributed by atoms with van der Waals surface area (Å²) in [5.74, 6) is -0.810. The minimum Gasteiger partial charge on any atom is -0.324 e. The summed E-state index contributed by atoms with van der Waals surface area (Å²) in [6.07, 6.45) is -0.237. The number of fused-ring (bicyclic) bond motifs is 1. The number of amides is 2. The Morgan fingerprint density at radius 2 is 1.61 bits per heavy atom. The molecule has 6 nitrogen and oxygen atoms in total. The molecule has 0 aromatic heterocycles. The lowest BCUT2D eigenvalue weighted by atomic mass is 10.1. The molecular weight excluding hydrogens is 412 g/mol. The molecule has 1 aliphatic heterocycles. The molecule has 0 radical (unpaired) electrons. The fraction of sp³-hybridized carbons (Fsp3) is 0.167. The van der Waals surface area contributed by atoms with Crippen LogP contribution in [0.5, 0.6) is 0 Å². The summed E-state index contributed by atoms with van der Waals surface area (Å²) in [4.78, 5) is 27.3. The number of nitrogens with zero attached hydrogens (tertiary/aromatic N) is 1. The van der Waals surface area contributed by atoms with Gasteiger partial charge in [0.15, 0.2) is 9.84 Å². The number of hydrogen-bond acceptors (Lipinski definition) is 4. The molecule has 0 fully saturated rings. The number of sulfone groups is 1. The van der Waals surface area contributed by atoms with E-state index >= 15 is 0 Å². The van der Waals surface area contributed by atoms with Crippen LogP contribution in [0.1, 0.15) is 22.8 Å². The van der Waals surface area contributed by atoms with Gasteiger partial charge < -0.3 is 10.2 Å². The third kappa shape index (κ3) is 4.09. The lowest BCUT2D eigenvalue weighted by Crippen LogP contribution is -2.38. The first-order chi connectivity index (χ1) is 14.9. The molecule has 158 valence electrons. The third-order valence-electron chi connectivity index (χ3n) is 5.39. The summed E-state index contributed by atoms with van der Waals surface area (Å²) in [5.41, 5.74) is 2.32. The Morgan fingerprint density at radius 3 is 2.35 bits per heavy atom. The number of hydrogen-bond donors (Lipinski definition) is 1. The van der Waals surface area contributed by atoms with E-state index in [-0.39, 0.29) is 23.5 Å². The number of carbonyl (C=O) groups excluding carboxylic acids is 2. The molecule has 0 saturated carbocycles. The molecule has 2 amide bonds. The number of aryl methyl sites for hydroxylation is 1. The average molecular weight is 435 g/mol. The van der Waals surface area contributed by atoms with Crippen LogP contribution in [0.4, 0.5) is 11.4 Å². The van der Waals surface area contributed by atoms with Crippen LogP contribution in [0.2, 0.25) is 0 Å². The number of anilines is 2. The third-order valence-corrected chi connectivity index (χ3v) is 7.54. The summed E-state index contributed by atoms with van der Waals surface area (Å²) in [7, 11) is -3.83. The Bertz CT molecular complexity index is 1240. The van der Waals surface area contributed by atoms with Crippen molar-refractivity contribution in [2.45, 2.75) is 23.5 Å². The van der Waals surface area contributed by atoms with Crippen LogP contribution in [0.15, 0.2) is 83.8 Å². The van der Waals surface area contributed by atoms with E-state index in [4.69, 9.17) is 0 Å². The minimum atomic E-state index is -3.83. The summed E-state index contributed by atoms with van der Waals surface area (Å²) >= 11 is 0. The van der Waals surface area contributed by atoms with Crippen molar-refractivity contribution in [1.82, 2.24) is 0 Å². The number of rotatable bonds is 4.